The molecule has 21 heavy (non-hydrogen) atoms. The summed E-state index contributed by atoms with van der Waals surface area (Å²) in [6, 6.07) is 10.9. The van der Waals surface area contributed by atoms with Crippen LogP contribution in [0, 0.1) is 11.8 Å². The Kier molecular flexibility index (Phi) is 4.56. The smallest absolute Gasteiger partial charge is 0.223 e. The van der Waals surface area contributed by atoms with E-state index in [-0.39, 0.29) is 11.8 Å². The molecule has 2 aliphatic rings. The van der Waals surface area contributed by atoms with Crippen LogP contribution in [0.1, 0.15) is 18.9 Å². The summed E-state index contributed by atoms with van der Waals surface area (Å²) >= 11 is 0. The molecule has 0 aromatic heterocycles. The van der Waals surface area contributed by atoms with Crippen molar-refractivity contribution in [2.75, 3.05) is 26.2 Å². The molecule has 2 saturated heterocycles. The lowest BCUT2D eigenvalue weighted by Gasteiger charge is -2.32. The van der Waals surface area contributed by atoms with Gasteiger partial charge in [0.25, 0.3) is 0 Å². The third-order valence-corrected chi connectivity index (χ3v) is 4.80. The van der Waals surface area contributed by atoms with Gasteiger partial charge in [-0.05, 0) is 31.0 Å². The summed E-state index contributed by atoms with van der Waals surface area (Å²) in [5, 5.41) is 6.47. The Labute approximate surface area is 126 Å². The lowest BCUT2D eigenvalue weighted by Crippen LogP contribution is -2.51. The molecule has 2 aliphatic heterocycles. The van der Waals surface area contributed by atoms with Crippen molar-refractivity contribution in [3.63, 3.8) is 0 Å². The molecule has 0 bridgehead atoms. The molecule has 1 aromatic carbocycles. The van der Waals surface area contributed by atoms with Gasteiger partial charge in [-0.25, -0.2) is 0 Å². The number of hydrogen-bond acceptors (Lipinski definition) is 3. The number of carbonyl (C=O) groups excluding carboxylic acids is 1. The maximum absolute atomic E-state index is 12.2. The van der Waals surface area contributed by atoms with Gasteiger partial charge in [-0.2, -0.15) is 0 Å². The highest BCUT2D eigenvalue weighted by Crippen LogP contribution is 2.18. The zero-order valence-corrected chi connectivity index (χ0v) is 12.7. The van der Waals surface area contributed by atoms with Crippen LogP contribution in [-0.2, 0) is 11.3 Å². The summed E-state index contributed by atoms with van der Waals surface area (Å²) in [4.78, 5) is 14.7. The second-order valence-electron chi connectivity index (χ2n) is 6.42. The molecule has 1 aromatic rings. The summed E-state index contributed by atoms with van der Waals surface area (Å²) in [5.41, 5.74) is 1.35. The number of likely N-dealkylation sites (tertiary alicyclic amines) is 1. The average Bonchev–Trinajstić information content (AvgIpc) is 2.85. The fourth-order valence-corrected chi connectivity index (χ4v) is 3.15. The van der Waals surface area contributed by atoms with E-state index >= 15 is 0 Å². The highest BCUT2D eigenvalue weighted by Gasteiger charge is 2.31. The monoisotopic (exact) mass is 287 g/mol. The van der Waals surface area contributed by atoms with Gasteiger partial charge in [0.05, 0.1) is 0 Å². The average molecular weight is 287 g/mol. The lowest BCUT2D eigenvalue weighted by molar-refractivity contribution is -0.127. The van der Waals surface area contributed by atoms with E-state index in [4.69, 9.17) is 0 Å². The van der Waals surface area contributed by atoms with E-state index in [1.807, 2.05) is 6.07 Å². The minimum atomic E-state index is 0.134. The quantitative estimate of drug-likeness (QED) is 0.856. The van der Waals surface area contributed by atoms with Crippen molar-refractivity contribution in [2.24, 2.45) is 11.8 Å². The fourth-order valence-electron chi connectivity index (χ4n) is 3.15. The van der Waals surface area contributed by atoms with Gasteiger partial charge in [0.1, 0.15) is 0 Å². The van der Waals surface area contributed by atoms with Crippen molar-refractivity contribution < 1.29 is 4.79 Å². The zero-order chi connectivity index (χ0) is 14.7. The molecule has 0 spiro atoms. The van der Waals surface area contributed by atoms with E-state index < -0.39 is 0 Å². The molecule has 2 atom stereocenters. The molecular formula is C17H25N3O. The molecule has 0 saturated carbocycles. The summed E-state index contributed by atoms with van der Waals surface area (Å²) in [6.45, 7) is 7.04. The molecule has 4 heteroatoms. The Balaban J connectivity index is 1.45. The van der Waals surface area contributed by atoms with Gasteiger partial charge in [0.15, 0.2) is 0 Å². The van der Waals surface area contributed by atoms with Crippen LogP contribution in [0.25, 0.3) is 0 Å². The fraction of sp³-hybridized carbons (Fsp3) is 0.588. The molecule has 114 valence electrons. The first-order valence-electron chi connectivity index (χ1n) is 8.00. The van der Waals surface area contributed by atoms with Crippen molar-refractivity contribution in [3.8, 4) is 0 Å². The van der Waals surface area contributed by atoms with E-state index in [0.717, 1.165) is 39.1 Å². The molecule has 2 heterocycles. The number of carbonyl (C=O) groups is 1. The van der Waals surface area contributed by atoms with Gasteiger partial charge in [-0.1, -0.05) is 37.3 Å². The number of rotatable bonds is 5. The number of nitrogens with one attached hydrogen (secondary N) is 2. The largest absolute Gasteiger partial charge is 0.352 e. The van der Waals surface area contributed by atoms with Crippen molar-refractivity contribution in [3.05, 3.63) is 35.9 Å². The normalized spacial score (nSPS) is 24.5. The highest BCUT2D eigenvalue weighted by atomic mass is 16.2. The maximum atomic E-state index is 12.2. The van der Waals surface area contributed by atoms with Crippen LogP contribution in [0.15, 0.2) is 30.3 Å². The van der Waals surface area contributed by atoms with E-state index in [1.54, 1.807) is 0 Å². The molecule has 0 aliphatic carbocycles. The van der Waals surface area contributed by atoms with Crippen LogP contribution < -0.4 is 10.6 Å². The second kappa shape index (κ2) is 6.58. The molecule has 0 radical (unpaired) electrons. The number of nitrogens with zero attached hydrogens (tertiary/aromatic N) is 1. The summed E-state index contributed by atoms with van der Waals surface area (Å²) in [6.07, 6.45) is 1.06. The van der Waals surface area contributed by atoms with Crippen molar-refractivity contribution >= 4 is 5.91 Å². The van der Waals surface area contributed by atoms with Crippen molar-refractivity contribution in [1.29, 1.82) is 0 Å². The first kappa shape index (κ1) is 14.5. The summed E-state index contributed by atoms with van der Waals surface area (Å²) in [5.74, 6) is 0.884. The van der Waals surface area contributed by atoms with Gasteiger partial charge < -0.3 is 10.6 Å². The topological polar surface area (TPSA) is 44.4 Å². The van der Waals surface area contributed by atoms with Gasteiger partial charge in [0.2, 0.25) is 5.91 Å². The first-order valence-corrected chi connectivity index (χ1v) is 8.00. The van der Waals surface area contributed by atoms with Crippen LogP contribution >= 0.6 is 0 Å². The molecule has 4 nitrogen and oxygen atoms in total. The van der Waals surface area contributed by atoms with Crippen molar-refractivity contribution in [1.82, 2.24) is 15.5 Å². The number of amides is 1. The van der Waals surface area contributed by atoms with E-state index in [0.29, 0.717) is 12.0 Å². The van der Waals surface area contributed by atoms with Crippen LogP contribution in [0.5, 0.6) is 0 Å². The number of benzene rings is 1. The van der Waals surface area contributed by atoms with Crippen LogP contribution in [0.2, 0.25) is 0 Å². The minimum absolute atomic E-state index is 0.134. The lowest BCUT2D eigenvalue weighted by atomic mass is 9.88. The van der Waals surface area contributed by atoms with Gasteiger partial charge in [-0.15, -0.1) is 0 Å². The molecule has 3 rings (SSSR count). The Morgan fingerprint density at radius 1 is 1.38 bits per heavy atom. The Bertz CT molecular complexity index is 472. The maximum Gasteiger partial charge on any atom is 0.223 e. The minimum Gasteiger partial charge on any atom is -0.352 e. The Morgan fingerprint density at radius 2 is 2.14 bits per heavy atom. The van der Waals surface area contributed by atoms with Gasteiger partial charge in [0, 0.05) is 31.6 Å². The third kappa shape index (κ3) is 3.63. The summed E-state index contributed by atoms with van der Waals surface area (Å²) < 4.78 is 0. The van der Waals surface area contributed by atoms with Crippen LogP contribution in [-0.4, -0.2) is 43.0 Å². The Hall–Kier alpha value is -1.39. The molecule has 2 fully saturated rings. The van der Waals surface area contributed by atoms with Gasteiger partial charge >= 0.3 is 0 Å². The molecule has 1 amide bonds. The third-order valence-electron chi connectivity index (χ3n) is 4.80. The standard InChI is InChI=1S/C17H25N3O/c1-13(15-9-18-10-15)17(21)19-16-7-8-20(12-16)11-14-5-3-2-4-6-14/h2-6,13,15-16,18H,7-12H2,1H3,(H,19,21). The predicted molar refractivity (Wildman–Crippen MR) is 83.8 cm³/mol. The SMILES string of the molecule is CC(C(=O)NC1CCN(Cc2ccccc2)C1)C1CNC1. The molecule has 2 N–H and O–H groups in total. The second-order valence-corrected chi connectivity index (χ2v) is 6.42. The summed E-state index contributed by atoms with van der Waals surface area (Å²) in [7, 11) is 0. The highest BCUT2D eigenvalue weighted by molar-refractivity contribution is 5.79. The molecule has 2 unspecified atom stereocenters. The van der Waals surface area contributed by atoms with Crippen molar-refractivity contribution in [2.45, 2.75) is 25.9 Å². The van der Waals surface area contributed by atoms with E-state index in [2.05, 4.69) is 46.7 Å². The van der Waals surface area contributed by atoms with E-state index in [9.17, 15) is 4.79 Å². The van der Waals surface area contributed by atoms with E-state index in [1.165, 1.54) is 5.56 Å². The Morgan fingerprint density at radius 3 is 2.81 bits per heavy atom. The predicted octanol–water partition coefficient (Wildman–Crippen LogP) is 1.23. The van der Waals surface area contributed by atoms with Crippen LogP contribution in [0.3, 0.4) is 0 Å². The van der Waals surface area contributed by atoms with Crippen LogP contribution in [0.4, 0.5) is 0 Å². The van der Waals surface area contributed by atoms with Gasteiger partial charge in [-0.3, -0.25) is 9.69 Å². The molecular weight excluding hydrogens is 262 g/mol. The zero-order valence-electron chi connectivity index (χ0n) is 12.7. The number of hydrogen-bond donors (Lipinski definition) is 2. The first-order chi connectivity index (χ1) is 10.2.